The average molecular weight is 372 g/mol. The maximum Gasteiger partial charge on any atom is 0.275 e. The van der Waals surface area contributed by atoms with Crippen molar-refractivity contribution in [2.45, 2.75) is 13.8 Å². The second kappa shape index (κ2) is 6.29. The molecule has 0 atom stereocenters. The molecule has 2 aromatic heterocycles. The summed E-state index contributed by atoms with van der Waals surface area (Å²) >= 11 is 3.38. The van der Waals surface area contributed by atoms with Crippen LogP contribution in [0.4, 0.5) is 5.69 Å². The van der Waals surface area contributed by atoms with Gasteiger partial charge >= 0.3 is 0 Å². The molecule has 1 N–H and O–H groups in total. The first kappa shape index (κ1) is 15.4. The SMILES string of the molecule is Cc1cccc(C)c1NC(=O)c1nc(-n2cnnc2)ccc1Br. The molecule has 0 spiro atoms. The Labute approximate surface area is 141 Å². The maximum atomic E-state index is 12.6. The minimum Gasteiger partial charge on any atom is -0.320 e. The molecule has 0 fully saturated rings. The van der Waals surface area contributed by atoms with Gasteiger partial charge in [-0.25, -0.2) is 4.98 Å². The third-order valence-corrected chi connectivity index (χ3v) is 4.09. The van der Waals surface area contributed by atoms with Crippen molar-refractivity contribution >= 4 is 27.5 Å². The first-order valence-corrected chi connectivity index (χ1v) is 7.74. The van der Waals surface area contributed by atoms with Gasteiger partial charge in [0.1, 0.15) is 24.2 Å². The standard InChI is InChI=1S/C16H14BrN5O/c1-10-4-3-5-11(2)14(10)21-16(23)15-12(17)6-7-13(20-15)22-8-18-19-9-22/h3-9H,1-2H3,(H,21,23). The smallest absolute Gasteiger partial charge is 0.275 e. The number of carbonyl (C=O) groups is 1. The number of pyridine rings is 1. The number of nitrogens with one attached hydrogen (secondary N) is 1. The largest absolute Gasteiger partial charge is 0.320 e. The van der Waals surface area contributed by atoms with Crippen LogP contribution in [0.5, 0.6) is 0 Å². The van der Waals surface area contributed by atoms with Gasteiger partial charge in [0.25, 0.3) is 5.91 Å². The zero-order chi connectivity index (χ0) is 16.4. The van der Waals surface area contributed by atoms with Crippen molar-refractivity contribution in [3.63, 3.8) is 0 Å². The zero-order valence-corrected chi connectivity index (χ0v) is 14.2. The molecule has 0 aliphatic heterocycles. The van der Waals surface area contributed by atoms with Crippen LogP contribution in [0.2, 0.25) is 0 Å². The zero-order valence-electron chi connectivity index (χ0n) is 12.6. The Morgan fingerprint density at radius 2 is 1.74 bits per heavy atom. The Morgan fingerprint density at radius 1 is 1.09 bits per heavy atom. The third-order valence-electron chi connectivity index (χ3n) is 3.45. The lowest BCUT2D eigenvalue weighted by Crippen LogP contribution is -2.17. The monoisotopic (exact) mass is 371 g/mol. The lowest BCUT2D eigenvalue weighted by Gasteiger charge is -2.12. The minimum atomic E-state index is -0.274. The first-order chi connectivity index (χ1) is 11.1. The number of carbonyl (C=O) groups excluding carboxylic acids is 1. The van der Waals surface area contributed by atoms with Crippen molar-refractivity contribution in [3.05, 3.63) is 64.3 Å². The number of nitrogens with zero attached hydrogens (tertiary/aromatic N) is 4. The molecular formula is C16H14BrN5O. The van der Waals surface area contributed by atoms with E-state index in [1.807, 2.05) is 32.0 Å². The van der Waals surface area contributed by atoms with E-state index < -0.39 is 0 Å². The number of amides is 1. The van der Waals surface area contributed by atoms with Crippen LogP contribution < -0.4 is 5.32 Å². The number of anilines is 1. The summed E-state index contributed by atoms with van der Waals surface area (Å²) in [6.07, 6.45) is 3.06. The van der Waals surface area contributed by atoms with Crippen molar-refractivity contribution in [2.24, 2.45) is 0 Å². The number of aromatic nitrogens is 4. The molecule has 2 heterocycles. The quantitative estimate of drug-likeness (QED) is 0.766. The van der Waals surface area contributed by atoms with Gasteiger partial charge in [-0.15, -0.1) is 10.2 Å². The fourth-order valence-electron chi connectivity index (χ4n) is 2.24. The summed E-state index contributed by atoms with van der Waals surface area (Å²) in [5.41, 5.74) is 3.12. The summed E-state index contributed by atoms with van der Waals surface area (Å²) < 4.78 is 2.26. The van der Waals surface area contributed by atoms with Crippen molar-refractivity contribution in [1.82, 2.24) is 19.7 Å². The van der Waals surface area contributed by atoms with Crippen LogP contribution in [0.1, 0.15) is 21.6 Å². The fourth-order valence-corrected chi connectivity index (χ4v) is 2.64. The Kier molecular flexibility index (Phi) is 4.20. The van der Waals surface area contributed by atoms with E-state index in [1.165, 1.54) is 12.7 Å². The Morgan fingerprint density at radius 3 is 2.39 bits per heavy atom. The molecule has 6 nitrogen and oxygen atoms in total. The fraction of sp³-hybridized carbons (Fsp3) is 0.125. The van der Waals surface area contributed by atoms with E-state index in [9.17, 15) is 4.79 Å². The molecule has 0 saturated carbocycles. The van der Waals surface area contributed by atoms with Gasteiger partial charge in [-0.2, -0.15) is 0 Å². The van der Waals surface area contributed by atoms with Gasteiger partial charge < -0.3 is 5.32 Å². The summed E-state index contributed by atoms with van der Waals surface area (Å²) in [6, 6.07) is 9.43. The summed E-state index contributed by atoms with van der Waals surface area (Å²) in [6.45, 7) is 3.91. The molecular weight excluding hydrogens is 358 g/mol. The van der Waals surface area contributed by atoms with Crippen LogP contribution in [0.15, 0.2) is 47.5 Å². The van der Waals surface area contributed by atoms with Crippen molar-refractivity contribution in [1.29, 1.82) is 0 Å². The van der Waals surface area contributed by atoms with Crippen LogP contribution in [0, 0.1) is 13.8 Å². The number of aryl methyl sites for hydroxylation is 2. The number of para-hydroxylation sites is 1. The molecule has 0 saturated heterocycles. The summed E-state index contributed by atoms with van der Waals surface area (Å²) in [7, 11) is 0. The summed E-state index contributed by atoms with van der Waals surface area (Å²) in [4.78, 5) is 17.0. The number of hydrogen-bond donors (Lipinski definition) is 1. The highest BCUT2D eigenvalue weighted by Gasteiger charge is 2.15. The van der Waals surface area contributed by atoms with Crippen LogP contribution >= 0.6 is 15.9 Å². The third kappa shape index (κ3) is 3.14. The molecule has 0 unspecified atom stereocenters. The van der Waals surface area contributed by atoms with Crippen LogP contribution in [-0.4, -0.2) is 25.7 Å². The number of rotatable bonds is 3. The predicted octanol–water partition coefficient (Wildman–Crippen LogP) is 3.29. The maximum absolute atomic E-state index is 12.6. The molecule has 23 heavy (non-hydrogen) atoms. The molecule has 7 heteroatoms. The summed E-state index contributed by atoms with van der Waals surface area (Å²) in [5, 5.41) is 10.4. The van der Waals surface area contributed by atoms with Gasteiger partial charge in [-0.3, -0.25) is 9.36 Å². The first-order valence-electron chi connectivity index (χ1n) is 6.95. The lowest BCUT2D eigenvalue weighted by molar-refractivity contribution is 0.102. The van der Waals surface area contributed by atoms with Gasteiger partial charge in [0.05, 0.1) is 0 Å². The van der Waals surface area contributed by atoms with Crippen LogP contribution in [-0.2, 0) is 0 Å². The van der Waals surface area contributed by atoms with Gasteiger partial charge in [0, 0.05) is 10.2 Å². The second-order valence-corrected chi connectivity index (χ2v) is 5.94. The highest BCUT2D eigenvalue weighted by molar-refractivity contribution is 9.10. The molecule has 3 rings (SSSR count). The number of benzene rings is 1. The van der Waals surface area contributed by atoms with Gasteiger partial charge in [-0.05, 0) is 53.0 Å². The lowest BCUT2D eigenvalue weighted by atomic mass is 10.1. The van der Waals surface area contributed by atoms with Crippen molar-refractivity contribution in [3.8, 4) is 5.82 Å². The average Bonchev–Trinajstić information content (AvgIpc) is 3.06. The molecule has 3 aromatic rings. The number of halogens is 1. The molecule has 1 aromatic carbocycles. The molecule has 0 bridgehead atoms. The molecule has 0 radical (unpaired) electrons. The van der Waals surface area contributed by atoms with Crippen molar-refractivity contribution < 1.29 is 4.79 Å². The normalized spacial score (nSPS) is 10.6. The van der Waals surface area contributed by atoms with Gasteiger partial charge in [0.2, 0.25) is 0 Å². The van der Waals surface area contributed by atoms with E-state index in [1.54, 1.807) is 16.7 Å². The van der Waals surface area contributed by atoms with E-state index in [-0.39, 0.29) is 5.91 Å². The Balaban J connectivity index is 1.95. The highest BCUT2D eigenvalue weighted by Crippen LogP contribution is 2.22. The van der Waals surface area contributed by atoms with E-state index in [0.29, 0.717) is 16.0 Å². The molecule has 0 aliphatic carbocycles. The van der Waals surface area contributed by atoms with Crippen molar-refractivity contribution in [2.75, 3.05) is 5.32 Å². The van der Waals surface area contributed by atoms with E-state index in [2.05, 4.69) is 36.4 Å². The predicted molar refractivity (Wildman–Crippen MR) is 90.7 cm³/mol. The minimum absolute atomic E-state index is 0.274. The molecule has 1 amide bonds. The van der Waals surface area contributed by atoms with Gasteiger partial charge in [0.15, 0.2) is 0 Å². The Hall–Kier alpha value is -2.54. The van der Waals surface area contributed by atoms with E-state index >= 15 is 0 Å². The Bertz CT molecular complexity index is 841. The number of hydrogen-bond acceptors (Lipinski definition) is 4. The molecule has 116 valence electrons. The summed E-state index contributed by atoms with van der Waals surface area (Å²) in [5.74, 6) is 0.300. The van der Waals surface area contributed by atoms with E-state index in [4.69, 9.17) is 0 Å². The highest BCUT2D eigenvalue weighted by atomic mass is 79.9. The second-order valence-electron chi connectivity index (χ2n) is 5.09. The van der Waals surface area contributed by atoms with E-state index in [0.717, 1.165) is 16.8 Å². The van der Waals surface area contributed by atoms with Crippen LogP contribution in [0.3, 0.4) is 0 Å². The topological polar surface area (TPSA) is 72.7 Å². The molecule has 0 aliphatic rings. The van der Waals surface area contributed by atoms with Crippen LogP contribution in [0.25, 0.3) is 5.82 Å². The van der Waals surface area contributed by atoms with Gasteiger partial charge in [-0.1, -0.05) is 18.2 Å².